The standard InChI is InChI=1S/C19H26N4O2/c1-11(2)14-9-17-16(8-15(14)13-4-6-20-7-5-13)23-12(3)19(24)22-21-18(23)10-25-17/h8-9,11-13,20H,4-7,10H2,1-3H3,(H,22,24)/t12-/m1/s1. The molecule has 4 rings (SSSR count). The van der Waals surface area contributed by atoms with E-state index in [1.165, 1.54) is 11.1 Å². The molecule has 0 unspecified atom stereocenters. The molecule has 3 aliphatic heterocycles. The predicted octanol–water partition coefficient (Wildman–Crippen LogP) is 2.31. The first-order chi connectivity index (χ1) is 12.1. The molecule has 0 aromatic heterocycles. The van der Waals surface area contributed by atoms with Crippen LogP contribution in [0.3, 0.4) is 0 Å². The summed E-state index contributed by atoms with van der Waals surface area (Å²) in [5, 5.41) is 7.64. The SMILES string of the molecule is CC(C)c1cc2c(cc1C1CCNCC1)N1C(=NNC(=O)[C@H]1C)CO2. The van der Waals surface area contributed by atoms with Gasteiger partial charge in [0.05, 0.1) is 5.69 Å². The first kappa shape index (κ1) is 16.4. The van der Waals surface area contributed by atoms with Gasteiger partial charge >= 0.3 is 0 Å². The van der Waals surface area contributed by atoms with Gasteiger partial charge in [-0.3, -0.25) is 4.79 Å². The number of nitrogens with one attached hydrogen (secondary N) is 2. The van der Waals surface area contributed by atoms with Crippen molar-refractivity contribution in [3.05, 3.63) is 23.3 Å². The zero-order chi connectivity index (χ0) is 17.6. The van der Waals surface area contributed by atoms with Gasteiger partial charge in [-0.1, -0.05) is 13.8 Å². The van der Waals surface area contributed by atoms with Gasteiger partial charge in [0.15, 0.2) is 5.84 Å². The van der Waals surface area contributed by atoms with E-state index in [4.69, 9.17) is 4.74 Å². The Bertz CT molecular complexity index is 722. The maximum absolute atomic E-state index is 12.1. The van der Waals surface area contributed by atoms with E-state index in [2.05, 4.69) is 41.8 Å². The monoisotopic (exact) mass is 342 g/mol. The Kier molecular flexibility index (Phi) is 4.15. The minimum atomic E-state index is -0.277. The molecule has 3 heterocycles. The van der Waals surface area contributed by atoms with Crippen LogP contribution in [-0.4, -0.2) is 37.5 Å². The zero-order valence-electron chi connectivity index (χ0n) is 15.1. The Labute approximate surface area is 148 Å². The number of hydrazone groups is 1. The highest BCUT2D eigenvalue weighted by Gasteiger charge is 2.36. The Balaban J connectivity index is 1.82. The minimum absolute atomic E-state index is 0.0760. The van der Waals surface area contributed by atoms with Crippen molar-refractivity contribution in [2.45, 2.75) is 51.5 Å². The van der Waals surface area contributed by atoms with Crippen molar-refractivity contribution in [2.75, 3.05) is 24.6 Å². The molecule has 2 N–H and O–H groups in total. The number of anilines is 1. The van der Waals surface area contributed by atoms with Gasteiger partial charge in [-0.2, -0.15) is 5.10 Å². The Hall–Kier alpha value is -2.08. The number of amidine groups is 1. The molecule has 1 atom stereocenters. The van der Waals surface area contributed by atoms with Gasteiger partial charge in [0, 0.05) is 0 Å². The molecule has 134 valence electrons. The third kappa shape index (κ3) is 2.78. The highest BCUT2D eigenvalue weighted by Crippen LogP contribution is 2.42. The van der Waals surface area contributed by atoms with E-state index in [1.54, 1.807) is 0 Å². The van der Waals surface area contributed by atoms with Gasteiger partial charge in [-0.15, -0.1) is 0 Å². The number of carbonyl (C=O) groups is 1. The number of nitrogens with zero attached hydrogens (tertiary/aromatic N) is 2. The van der Waals surface area contributed by atoms with E-state index in [9.17, 15) is 4.79 Å². The summed E-state index contributed by atoms with van der Waals surface area (Å²) >= 11 is 0. The number of hydrogen-bond acceptors (Lipinski definition) is 5. The van der Waals surface area contributed by atoms with Gasteiger partial charge < -0.3 is 15.0 Å². The summed E-state index contributed by atoms with van der Waals surface area (Å²) in [6.45, 7) is 8.90. The van der Waals surface area contributed by atoms with Crippen LogP contribution in [0.5, 0.6) is 5.75 Å². The number of carbonyl (C=O) groups excluding carboxylic acids is 1. The first-order valence-electron chi connectivity index (χ1n) is 9.23. The normalized spacial score (nSPS) is 23.5. The fraction of sp³-hybridized carbons (Fsp3) is 0.579. The van der Waals surface area contributed by atoms with E-state index in [0.717, 1.165) is 43.2 Å². The largest absolute Gasteiger partial charge is 0.483 e. The summed E-state index contributed by atoms with van der Waals surface area (Å²) < 4.78 is 5.97. The smallest absolute Gasteiger partial charge is 0.262 e. The third-order valence-corrected chi connectivity index (χ3v) is 5.52. The van der Waals surface area contributed by atoms with Crippen LogP contribution in [0.1, 0.15) is 56.6 Å². The van der Waals surface area contributed by atoms with Crippen LogP contribution >= 0.6 is 0 Å². The van der Waals surface area contributed by atoms with Gasteiger partial charge in [-0.05, 0) is 68.0 Å². The number of benzene rings is 1. The van der Waals surface area contributed by atoms with Crippen molar-refractivity contribution in [3.8, 4) is 5.75 Å². The molecule has 1 amide bonds. The molecule has 3 aliphatic rings. The number of ether oxygens (including phenoxy) is 1. The van der Waals surface area contributed by atoms with Crippen LogP contribution in [0.15, 0.2) is 17.2 Å². The maximum atomic E-state index is 12.1. The molecule has 6 nitrogen and oxygen atoms in total. The van der Waals surface area contributed by atoms with Crippen LogP contribution in [0.25, 0.3) is 0 Å². The number of rotatable bonds is 2. The summed E-state index contributed by atoms with van der Waals surface area (Å²) in [6, 6.07) is 4.17. The zero-order valence-corrected chi connectivity index (χ0v) is 15.1. The summed E-state index contributed by atoms with van der Waals surface area (Å²) in [5.74, 6) is 2.55. The molecule has 0 aliphatic carbocycles. The van der Waals surface area contributed by atoms with E-state index >= 15 is 0 Å². The Morgan fingerprint density at radius 1 is 1.28 bits per heavy atom. The molecule has 1 aromatic carbocycles. The molecule has 1 saturated heterocycles. The van der Waals surface area contributed by atoms with Crippen molar-refractivity contribution >= 4 is 17.4 Å². The quantitative estimate of drug-likeness (QED) is 0.866. The Morgan fingerprint density at radius 3 is 2.76 bits per heavy atom. The predicted molar refractivity (Wildman–Crippen MR) is 98.4 cm³/mol. The molecular formula is C19H26N4O2. The lowest BCUT2D eigenvalue weighted by Crippen LogP contribution is -2.55. The van der Waals surface area contributed by atoms with Crippen LogP contribution < -0.4 is 20.4 Å². The molecule has 0 spiro atoms. The van der Waals surface area contributed by atoms with E-state index in [1.807, 2.05) is 11.8 Å². The van der Waals surface area contributed by atoms with Crippen molar-refractivity contribution in [3.63, 3.8) is 0 Å². The van der Waals surface area contributed by atoms with Crippen molar-refractivity contribution in [2.24, 2.45) is 5.10 Å². The van der Waals surface area contributed by atoms with E-state index in [-0.39, 0.29) is 11.9 Å². The van der Waals surface area contributed by atoms with Crippen LogP contribution in [0.2, 0.25) is 0 Å². The van der Waals surface area contributed by atoms with Gasteiger partial charge in [0.1, 0.15) is 18.4 Å². The molecule has 0 radical (unpaired) electrons. The van der Waals surface area contributed by atoms with Crippen molar-refractivity contribution < 1.29 is 9.53 Å². The lowest BCUT2D eigenvalue weighted by Gasteiger charge is -2.39. The molecule has 25 heavy (non-hydrogen) atoms. The summed E-state index contributed by atoms with van der Waals surface area (Å²) in [7, 11) is 0. The fourth-order valence-corrected chi connectivity index (χ4v) is 4.09. The van der Waals surface area contributed by atoms with Crippen molar-refractivity contribution in [1.29, 1.82) is 0 Å². The lowest BCUT2D eigenvalue weighted by molar-refractivity contribution is -0.122. The van der Waals surface area contributed by atoms with E-state index < -0.39 is 0 Å². The second-order valence-corrected chi connectivity index (χ2v) is 7.47. The molecule has 0 saturated carbocycles. The average Bonchev–Trinajstić information content (AvgIpc) is 2.64. The van der Waals surface area contributed by atoms with Gasteiger partial charge in [0.25, 0.3) is 5.91 Å². The molecule has 6 heteroatoms. The lowest BCUT2D eigenvalue weighted by atomic mass is 9.83. The van der Waals surface area contributed by atoms with Crippen LogP contribution in [-0.2, 0) is 4.79 Å². The topological polar surface area (TPSA) is 66.0 Å². The van der Waals surface area contributed by atoms with Gasteiger partial charge in [-0.25, -0.2) is 5.43 Å². The molecule has 1 fully saturated rings. The van der Waals surface area contributed by atoms with E-state index in [0.29, 0.717) is 18.4 Å². The number of piperidine rings is 1. The Morgan fingerprint density at radius 2 is 2.04 bits per heavy atom. The third-order valence-electron chi connectivity index (χ3n) is 5.52. The second-order valence-electron chi connectivity index (χ2n) is 7.47. The minimum Gasteiger partial charge on any atom is -0.483 e. The fourth-order valence-electron chi connectivity index (χ4n) is 4.09. The molecule has 1 aromatic rings. The molecular weight excluding hydrogens is 316 g/mol. The number of hydrogen-bond donors (Lipinski definition) is 2. The first-order valence-corrected chi connectivity index (χ1v) is 9.23. The summed E-state index contributed by atoms with van der Waals surface area (Å²) in [5.41, 5.74) is 6.33. The second kappa shape index (κ2) is 6.33. The average molecular weight is 342 g/mol. The highest BCUT2D eigenvalue weighted by atomic mass is 16.5. The van der Waals surface area contributed by atoms with Crippen LogP contribution in [0, 0.1) is 0 Å². The van der Waals surface area contributed by atoms with Crippen LogP contribution in [0.4, 0.5) is 5.69 Å². The number of amides is 1. The maximum Gasteiger partial charge on any atom is 0.262 e. The highest BCUT2D eigenvalue weighted by molar-refractivity contribution is 6.09. The summed E-state index contributed by atoms with van der Waals surface area (Å²) in [6.07, 6.45) is 2.30. The number of fused-ring (bicyclic) bond motifs is 3. The molecule has 0 bridgehead atoms. The van der Waals surface area contributed by atoms with Gasteiger partial charge in [0.2, 0.25) is 0 Å². The van der Waals surface area contributed by atoms with Crippen molar-refractivity contribution in [1.82, 2.24) is 10.7 Å². The summed E-state index contributed by atoms with van der Waals surface area (Å²) in [4.78, 5) is 14.1.